The van der Waals surface area contributed by atoms with E-state index in [-0.39, 0.29) is 36.4 Å². The van der Waals surface area contributed by atoms with E-state index in [1.165, 1.54) is 103 Å². The lowest BCUT2D eigenvalue weighted by atomic mass is 9.94. The Morgan fingerprint density at radius 2 is 0.905 bits per heavy atom. The summed E-state index contributed by atoms with van der Waals surface area (Å²) in [4.78, 5) is 44.5. The highest BCUT2D eigenvalue weighted by molar-refractivity contribution is 5.84. The number of carbonyl (C=O) groups is 3. The number of Topliss-reactive ketones (excluding diaryl/α,β-unsaturated/α-hetero) is 1. The van der Waals surface area contributed by atoms with Crippen LogP contribution in [0.4, 0.5) is 0 Å². The minimum absolute atomic E-state index is 0.0142. The fourth-order valence-corrected chi connectivity index (χ4v) is 9.65. The van der Waals surface area contributed by atoms with Crippen molar-refractivity contribution in [1.29, 1.82) is 0 Å². The number of nitrogens with zero attached hydrogens (tertiary/aromatic N) is 2. The van der Waals surface area contributed by atoms with Crippen LogP contribution >= 0.6 is 0 Å². The smallest absolute Gasteiger partial charge is 0.308 e. The van der Waals surface area contributed by atoms with Gasteiger partial charge in [0, 0.05) is 32.2 Å². The second kappa shape index (κ2) is 43.1. The van der Waals surface area contributed by atoms with Gasteiger partial charge in [-0.25, -0.2) is 0 Å². The first-order valence-electron chi connectivity index (χ1n) is 27.7. The van der Waals surface area contributed by atoms with E-state index in [4.69, 9.17) is 9.47 Å². The topological polar surface area (TPSA) is 96.4 Å². The number of ketones is 1. The number of rotatable bonds is 47. The maximum absolute atomic E-state index is 13.7. The van der Waals surface area contributed by atoms with Gasteiger partial charge < -0.3 is 19.5 Å². The van der Waals surface area contributed by atoms with E-state index >= 15 is 0 Å². The molecule has 0 aromatic rings. The molecule has 1 saturated heterocycles. The van der Waals surface area contributed by atoms with Crippen molar-refractivity contribution in [3.8, 4) is 0 Å². The molecule has 1 aliphatic heterocycles. The second-order valence-corrected chi connectivity index (χ2v) is 19.8. The summed E-state index contributed by atoms with van der Waals surface area (Å²) in [5.74, 6) is 0.592. The SMILES string of the molecule is CCCCCCCCC(CCCCCC)C(=O)OCCCCCCCCC(=O)[C@@H]1CC(N(C)CCCO)CN1CCCCCCOC(=O)C(CCCCCC)CCCCCCCC. The quantitative estimate of drug-likeness (QED) is 0.0477. The molecule has 4 atom stereocenters. The maximum atomic E-state index is 13.7. The van der Waals surface area contributed by atoms with Crippen molar-refractivity contribution in [2.75, 3.05) is 46.5 Å². The number of likely N-dealkylation sites (tertiary alicyclic amines) is 1. The summed E-state index contributed by atoms with van der Waals surface area (Å²) in [6.45, 7) is 12.9. The molecular weight excluding hydrogens is 785 g/mol. The molecule has 0 aliphatic carbocycles. The van der Waals surface area contributed by atoms with Crippen molar-refractivity contribution >= 4 is 17.7 Å². The normalized spacial score (nSPS) is 16.5. The zero-order valence-corrected chi connectivity index (χ0v) is 42.6. The number of unbranched alkanes of at least 4 members (excludes halogenated alkanes) is 24. The molecule has 1 rings (SSSR count). The van der Waals surface area contributed by atoms with Gasteiger partial charge in [0.2, 0.25) is 0 Å². The number of likely N-dealkylation sites (N-methyl/N-ethyl adjacent to an activating group) is 1. The summed E-state index contributed by atoms with van der Waals surface area (Å²) in [6.07, 6.45) is 41.2. The van der Waals surface area contributed by atoms with Crippen LogP contribution in [0.2, 0.25) is 0 Å². The van der Waals surface area contributed by atoms with Crippen molar-refractivity contribution in [1.82, 2.24) is 9.80 Å². The lowest BCUT2D eigenvalue weighted by molar-refractivity contribution is -0.150. The van der Waals surface area contributed by atoms with Crippen LogP contribution in [0, 0.1) is 11.8 Å². The molecule has 1 fully saturated rings. The average Bonchev–Trinajstić information content (AvgIpc) is 3.72. The van der Waals surface area contributed by atoms with E-state index in [0.29, 0.717) is 31.5 Å². The first-order chi connectivity index (χ1) is 30.8. The van der Waals surface area contributed by atoms with Crippen LogP contribution in [0.1, 0.15) is 265 Å². The number of esters is 2. The number of hydrogen-bond donors (Lipinski definition) is 1. The van der Waals surface area contributed by atoms with Crippen LogP contribution in [0.25, 0.3) is 0 Å². The molecule has 0 radical (unpaired) electrons. The van der Waals surface area contributed by atoms with Crippen molar-refractivity contribution in [2.45, 2.75) is 277 Å². The summed E-state index contributed by atoms with van der Waals surface area (Å²) in [7, 11) is 2.14. The third-order valence-electron chi connectivity index (χ3n) is 14.0. The van der Waals surface area contributed by atoms with Gasteiger partial charge in [-0.3, -0.25) is 19.3 Å². The van der Waals surface area contributed by atoms with Gasteiger partial charge in [0.15, 0.2) is 0 Å². The first-order valence-corrected chi connectivity index (χ1v) is 27.7. The van der Waals surface area contributed by atoms with Gasteiger partial charge in [-0.15, -0.1) is 0 Å². The van der Waals surface area contributed by atoms with Gasteiger partial charge in [0.05, 0.1) is 31.1 Å². The van der Waals surface area contributed by atoms with Crippen molar-refractivity contribution < 1.29 is 29.0 Å². The fourth-order valence-electron chi connectivity index (χ4n) is 9.65. The number of aliphatic hydroxyl groups excluding tert-OH is 1. The molecule has 0 spiro atoms. The summed E-state index contributed by atoms with van der Waals surface area (Å²) >= 11 is 0. The van der Waals surface area contributed by atoms with E-state index in [2.05, 4.69) is 44.5 Å². The standard InChI is InChI=1S/C55H106N2O6/c1-6-10-14-18-22-30-39-49(37-28-16-12-8-3)54(60)62-45-34-26-21-20-24-32-41-53(59)52-47-51(56(5)42-36-44-58)48-57(52)43-33-25-27-35-46-63-55(61)50(38-29-17-13-9-4)40-31-23-19-15-11-7-2/h49-52,58H,6-48H2,1-5H3/t49?,50?,51?,52-/m0/s1. The summed E-state index contributed by atoms with van der Waals surface area (Å²) < 4.78 is 11.7. The third kappa shape index (κ3) is 31.9. The number of hydrogen-bond acceptors (Lipinski definition) is 8. The van der Waals surface area contributed by atoms with Crippen LogP contribution in [0.15, 0.2) is 0 Å². The Morgan fingerprint density at radius 1 is 0.524 bits per heavy atom. The summed E-state index contributed by atoms with van der Waals surface area (Å²) in [6, 6.07) is 0.330. The lowest BCUT2D eigenvalue weighted by Crippen LogP contribution is -2.37. The minimum atomic E-state index is -0.0142. The number of carbonyl (C=O) groups excluding carboxylic acids is 3. The molecule has 1 aliphatic rings. The Labute approximate surface area is 390 Å². The Balaban J connectivity index is 2.42. The van der Waals surface area contributed by atoms with Gasteiger partial charge >= 0.3 is 11.9 Å². The molecule has 0 aromatic carbocycles. The Morgan fingerprint density at radius 3 is 1.35 bits per heavy atom. The molecule has 0 bridgehead atoms. The zero-order chi connectivity index (χ0) is 46.0. The van der Waals surface area contributed by atoms with Crippen LogP contribution in [-0.2, 0) is 23.9 Å². The first kappa shape index (κ1) is 59.5. The van der Waals surface area contributed by atoms with Crippen LogP contribution in [0.3, 0.4) is 0 Å². The molecule has 63 heavy (non-hydrogen) atoms. The average molecular weight is 891 g/mol. The van der Waals surface area contributed by atoms with Gasteiger partial charge in [-0.05, 0) is 77.8 Å². The van der Waals surface area contributed by atoms with Gasteiger partial charge in [0.1, 0.15) is 5.78 Å². The van der Waals surface area contributed by atoms with E-state index in [9.17, 15) is 19.5 Å². The highest BCUT2D eigenvalue weighted by atomic mass is 16.5. The van der Waals surface area contributed by atoms with Crippen molar-refractivity contribution in [3.05, 3.63) is 0 Å². The van der Waals surface area contributed by atoms with Crippen LogP contribution < -0.4 is 0 Å². The van der Waals surface area contributed by atoms with Crippen molar-refractivity contribution in [3.63, 3.8) is 0 Å². The molecule has 0 saturated carbocycles. The van der Waals surface area contributed by atoms with Crippen LogP contribution in [-0.4, -0.2) is 91.2 Å². The monoisotopic (exact) mass is 891 g/mol. The molecule has 1 heterocycles. The van der Waals surface area contributed by atoms with Crippen molar-refractivity contribution in [2.24, 2.45) is 11.8 Å². The summed E-state index contributed by atoms with van der Waals surface area (Å²) in [5.41, 5.74) is 0. The Bertz CT molecular complexity index is 1060. The molecule has 8 nitrogen and oxygen atoms in total. The van der Waals surface area contributed by atoms with E-state index in [1.54, 1.807) is 0 Å². The van der Waals surface area contributed by atoms with E-state index < -0.39 is 0 Å². The Kier molecular flexibility index (Phi) is 40.7. The number of aliphatic hydroxyl groups is 1. The highest BCUT2D eigenvalue weighted by Gasteiger charge is 2.37. The van der Waals surface area contributed by atoms with E-state index in [1.807, 2.05) is 0 Å². The molecule has 372 valence electrons. The molecule has 8 heteroatoms. The van der Waals surface area contributed by atoms with Gasteiger partial charge in [-0.2, -0.15) is 0 Å². The predicted octanol–water partition coefficient (Wildman–Crippen LogP) is 14.4. The highest BCUT2D eigenvalue weighted by Crippen LogP contribution is 2.26. The molecular formula is C55H106N2O6. The molecule has 3 unspecified atom stereocenters. The number of ether oxygens (including phenoxy) is 2. The largest absolute Gasteiger partial charge is 0.465 e. The van der Waals surface area contributed by atoms with E-state index in [0.717, 1.165) is 148 Å². The second-order valence-electron chi connectivity index (χ2n) is 19.8. The zero-order valence-electron chi connectivity index (χ0n) is 42.6. The van der Waals surface area contributed by atoms with Crippen LogP contribution in [0.5, 0.6) is 0 Å². The molecule has 0 amide bonds. The summed E-state index contributed by atoms with van der Waals surface area (Å²) in [5, 5.41) is 9.43. The third-order valence-corrected chi connectivity index (χ3v) is 14.0. The predicted molar refractivity (Wildman–Crippen MR) is 266 cm³/mol. The fraction of sp³-hybridized carbons (Fsp3) is 0.945. The molecule has 0 aromatic heterocycles. The van der Waals surface area contributed by atoms with Gasteiger partial charge in [0.25, 0.3) is 0 Å². The maximum Gasteiger partial charge on any atom is 0.308 e. The van der Waals surface area contributed by atoms with Gasteiger partial charge in [-0.1, -0.05) is 195 Å². The lowest BCUT2D eigenvalue weighted by Gasteiger charge is -2.24. The molecule has 1 N–H and O–H groups in total. The Hall–Kier alpha value is -1.51. The minimum Gasteiger partial charge on any atom is -0.465 e.